The molecular weight excluding hydrogens is 447 g/mol. The van der Waals surface area contributed by atoms with Crippen LogP contribution < -0.4 is 19.5 Å². The number of halogens is 1. The number of amides is 1. The molecule has 1 heterocycles. The minimum atomic E-state index is -0.415. The lowest BCUT2D eigenvalue weighted by atomic mass is 10.0. The SMILES string of the molecule is COc1cc2nccc(Oc3ccc4c(C(=O)Nc5cccc(F)c5)cccc4c3)c2cc1OC. The van der Waals surface area contributed by atoms with Gasteiger partial charge in [0, 0.05) is 28.9 Å². The van der Waals surface area contributed by atoms with Crippen LogP contribution in [0.5, 0.6) is 23.0 Å². The minimum Gasteiger partial charge on any atom is -0.493 e. The highest BCUT2D eigenvalue weighted by molar-refractivity contribution is 6.13. The van der Waals surface area contributed by atoms with Crippen molar-refractivity contribution in [2.75, 3.05) is 19.5 Å². The molecule has 5 aromatic rings. The van der Waals surface area contributed by atoms with Crippen molar-refractivity contribution in [1.82, 2.24) is 4.98 Å². The molecule has 0 aliphatic heterocycles. The van der Waals surface area contributed by atoms with Gasteiger partial charge in [0.2, 0.25) is 0 Å². The van der Waals surface area contributed by atoms with Crippen molar-refractivity contribution in [3.05, 3.63) is 96.4 Å². The van der Waals surface area contributed by atoms with Crippen molar-refractivity contribution < 1.29 is 23.4 Å². The van der Waals surface area contributed by atoms with Gasteiger partial charge in [-0.3, -0.25) is 9.78 Å². The normalized spacial score (nSPS) is 10.8. The lowest BCUT2D eigenvalue weighted by molar-refractivity contribution is 0.102. The molecule has 0 radical (unpaired) electrons. The van der Waals surface area contributed by atoms with E-state index in [1.54, 1.807) is 62.9 Å². The number of rotatable bonds is 6. The predicted molar refractivity (Wildman–Crippen MR) is 133 cm³/mol. The first-order valence-electron chi connectivity index (χ1n) is 10.8. The zero-order chi connectivity index (χ0) is 24.4. The first-order chi connectivity index (χ1) is 17.1. The molecule has 0 bridgehead atoms. The molecule has 174 valence electrons. The average molecular weight is 468 g/mol. The van der Waals surface area contributed by atoms with Gasteiger partial charge in [-0.1, -0.05) is 18.2 Å². The molecule has 1 amide bonds. The molecule has 0 spiro atoms. The molecule has 0 saturated carbocycles. The fourth-order valence-electron chi connectivity index (χ4n) is 3.95. The van der Waals surface area contributed by atoms with Gasteiger partial charge in [-0.25, -0.2) is 4.39 Å². The van der Waals surface area contributed by atoms with Gasteiger partial charge in [0.25, 0.3) is 5.91 Å². The monoisotopic (exact) mass is 468 g/mol. The largest absolute Gasteiger partial charge is 0.493 e. The molecule has 0 atom stereocenters. The molecule has 4 aromatic carbocycles. The van der Waals surface area contributed by atoms with Crippen LogP contribution in [0.4, 0.5) is 10.1 Å². The molecule has 0 fully saturated rings. The highest BCUT2D eigenvalue weighted by atomic mass is 19.1. The number of ether oxygens (including phenoxy) is 3. The van der Waals surface area contributed by atoms with Crippen molar-refractivity contribution in [3.63, 3.8) is 0 Å². The summed E-state index contributed by atoms with van der Waals surface area (Å²) in [5.41, 5.74) is 1.57. The highest BCUT2D eigenvalue weighted by Crippen LogP contribution is 2.37. The van der Waals surface area contributed by atoms with Gasteiger partial charge in [0.1, 0.15) is 17.3 Å². The van der Waals surface area contributed by atoms with Crippen molar-refractivity contribution in [2.45, 2.75) is 0 Å². The third-order valence-electron chi connectivity index (χ3n) is 5.61. The van der Waals surface area contributed by atoms with Gasteiger partial charge in [-0.2, -0.15) is 0 Å². The summed E-state index contributed by atoms with van der Waals surface area (Å²) in [7, 11) is 3.15. The number of hydrogen-bond donors (Lipinski definition) is 1. The van der Waals surface area contributed by atoms with Crippen LogP contribution in [0.15, 0.2) is 85.1 Å². The molecular formula is C28H21FN2O4. The molecule has 0 unspecified atom stereocenters. The molecule has 5 rings (SSSR count). The Bertz CT molecular complexity index is 1570. The van der Waals surface area contributed by atoms with Gasteiger partial charge in [-0.15, -0.1) is 0 Å². The van der Waals surface area contributed by atoms with Crippen molar-refractivity contribution in [3.8, 4) is 23.0 Å². The van der Waals surface area contributed by atoms with E-state index in [0.29, 0.717) is 39.8 Å². The first-order valence-corrected chi connectivity index (χ1v) is 10.8. The van der Waals surface area contributed by atoms with Crippen LogP contribution in [0.3, 0.4) is 0 Å². The van der Waals surface area contributed by atoms with E-state index in [-0.39, 0.29) is 5.91 Å². The number of pyridine rings is 1. The summed E-state index contributed by atoms with van der Waals surface area (Å²) >= 11 is 0. The Labute approximate surface area is 200 Å². The Morgan fingerprint density at radius 3 is 2.43 bits per heavy atom. The second-order valence-corrected chi connectivity index (χ2v) is 7.79. The first kappa shape index (κ1) is 22.2. The summed E-state index contributed by atoms with van der Waals surface area (Å²) in [6.07, 6.45) is 1.67. The quantitative estimate of drug-likeness (QED) is 0.304. The van der Waals surface area contributed by atoms with E-state index < -0.39 is 5.82 Å². The van der Waals surface area contributed by atoms with Crippen LogP contribution in [0.1, 0.15) is 10.4 Å². The van der Waals surface area contributed by atoms with Gasteiger partial charge in [0.05, 0.1) is 19.7 Å². The number of methoxy groups -OCH3 is 2. The van der Waals surface area contributed by atoms with E-state index >= 15 is 0 Å². The molecule has 35 heavy (non-hydrogen) atoms. The van der Waals surface area contributed by atoms with Crippen LogP contribution in [0, 0.1) is 5.82 Å². The van der Waals surface area contributed by atoms with E-state index in [0.717, 1.165) is 16.2 Å². The number of nitrogens with zero attached hydrogens (tertiary/aromatic N) is 1. The molecule has 0 aliphatic rings. The van der Waals surface area contributed by atoms with Crippen molar-refractivity contribution in [1.29, 1.82) is 0 Å². The fraction of sp³-hybridized carbons (Fsp3) is 0.0714. The van der Waals surface area contributed by atoms with Crippen LogP contribution in [0.2, 0.25) is 0 Å². The Hall–Kier alpha value is -4.65. The number of anilines is 1. The number of fused-ring (bicyclic) bond motifs is 2. The number of nitrogens with one attached hydrogen (secondary N) is 1. The molecule has 7 heteroatoms. The number of carbonyl (C=O) groups is 1. The number of carbonyl (C=O) groups excluding carboxylic acids is 1. The predicted octanol–water partition coefficient (Wildman–Crippen LogP) is 6.59. The van der Waals surface area contributed by atoms with E-state index in [9.17, 15) is 9.18 Å². The standard InChI is InChI=1S/C28H21FN2O4/c1-33-26-15-23-24(16-27(26)34-2)30-12-11-25(23)35-20-9-10-21-17(13-20)5-3-8-22(21)28(32)31-19-7-4-6-18(29)14-19/h3-16H,1-2H3,(H,31,32). The smallest absolute Gasteiger partial charge is 0.256 e. The number of hydrogen-bond acceptors (Lipinski definition) is 5. The summed E-state index contributed by atoms with van der Waals surface area (Å²) in [4.78, 5) is 17.3. The topological polar surface area (TPSA) is 69.7 Å². The summed E-state index contributed by atoms with van der Waals surface area (Å²) in [6.45, 7) is 0. The van der Waals surface area contributed by atoms with Crippen molar-refractivity contribution in [2.24, 2.45) is 0 Å². The van der Waals surface area contributed by atoms with Crippen LogP contribution in [0.25, 0.3) is 21.7 Å². The summed E-state index contributed by atoms with van der Waals surface area (Å²) in [5.74, 6) is 1.63. The zero-order valence-corrected chi connectivity index (χ0v) is 19.0. The Morgan fingerprint density at radius 2 is 1.63 bits per heavy atom. The van der Waals surface area contributed by atoms with Gasteiger partial charge in [0.15, 0.2) is 11.5 Å². The summed E-state index contributed by atoms with van der Waals surface area (Å²) in [6, 6.07) is 22.1. The van der Waals surface area contributed by atoms with Gasteiger partial charge in [-0.05, 0) is 65.4 Å². The summed E-state index contributed by atoms with van der Waals surface area (Å²) in [5, 5.41) is 5.09. The van der Waals surface area contributed by atoms with Crippen LogP contribution in [-0.2, 0) is 0 Å². The average Bonchev–Trinajstić information content (AvgIpc) is 2.87. The Balaban J connectivity index is 1.47. The third-order valence-corrected chi connectivity index (χ3v) is 5.61. The maximum Gasteiger partial charge on any atom is 0.256 e. The second kappa shape index (κ2) is 9.30. The highest BCUT2D eigenvalue weighted by Gasteiger charge is 2.14. The number of aromatic nitrogens is 1. The maximum atomic E-state index is 13.5. The lowest BCUT2D eigenvalue weighted by Gasteiger charge is -2.13. The molecule has 0 saturated heterocycles. The Kier molecular flexibility index (Phi) is 5.89. The summed E-state index contributed by atoms with van der Waals surface area (Å²) < 4.78 is 30.5. The lowest BCUT2D eigenvalue weighted by Crippen LogP contribution is -2.12. The van der Waals surface area contributed by atoms with E-state index in [1.165, 1.54) is 12.1 Å². The molecule has 0 aliphatic carbocycles. The zero-order valence-electron chi connectivity index (χ0n) is 19.0. The van der Waals surface area contributed by atoms with Gasteiger partial charge < -0.3 is 19.5 Å². The fourth-order valence-corrected chi connectivity index (χ4v) is 3.95. The van der Waals surface area contributed by atoms with Crippen molar-refractivity contribution >= 4 is 33.3 Å². The second-order valence-electron chi connectivity index (χ2n) is 7.79. The Morgan fingerprint density at radius 1 is 0.829 bits per heavy atom. The van der Waals surface area contributed by atoms with Crippen LogP contribution in [-0.4, -0.2) is 25.1 Å². The van der Waals surface area contributed by atoms with Crippen LogP contribution >= 0.6 is 0 Å². The number of benzene rings is 4. The third kappa shape index (κ3) is 4.44. The molecule has 1 N–H and O–H groups in total. The van der Waals surface area contributed by atoms with E-state index in [4.69, 9.17) is 14.2 Å². The van der Waals surface area contributed by atoms with Gasteiger partial charge >= 0.3 is 0 Å². The molecule has 6 nitrogen and oxygen atoms in total. The minimum absolute atomic E-state index is 0.323. The maximum absolute atomic E-state index is 13.5. The van der Waals surface area contributed by atoms with E-state index in [1.807, 2.05) is 24.3 Å². The van der Waals surface area contributed by atoms with E-state index in [2.05, 4.69) is 10.3 Å². The molecule has 1 aromatic heterocycles.